The molecule has 102 valence electrons. The van der Waals surface area contributed by atoms with Gasteiger partial charge in [0, 0.05) is 30.3 Å². The van der Waals surface area contributed by atoms with Crippen LogP contribution in [-0.2, 0) is 0 Å². The molecular weight excluding hydrogens is 246 g/mol. The fourth-order valence-electron chi connectivity index (χ4n) is 2.24. The molecule has 0 aromatic heterocycles. The first kappa shape index (κ1) is 13.5. The number of nitrogens with zero attached hydrogens (tertiary/aromatic N) is 1. The first-order valence-corrected chi connectivity index (χ1v) is 6.34. The van der Waals surface area contributed by atoms with Gasteiger partial charge in [-0.3, -0.25) is 14.9 Å². The lowest BCUT2D eigenvalue weighted by atomic mass is 10.1. The van der Waals surface area contributed by atoms with Crippen LogP contribution in [0, 0.1) is 17.0 Å². The number of nitro groups is 1. The number of amides is 1. The van der Waals surface area contributed by atoms with Crippen LogP contribution in [0.25, 0.3) is 0 Å². The van der Waals surface area contributed by atoms with Gasteiger partial charge < -0.3 is 10.6 Å². The summed E-state index contributed by atoms with van der Waals surface area (Å²) in [6, 6.07) is 4.54. The van der Waals surface area contributed by atoms with Crippen LogP contribution in [0.2, 0.25) is 0 Å². The lowest BCUT2D eigenvalue weighted by Gasteiger charge is -2.23. The van der Waals surface area contributed by atoms with Crippen LogP contribution in [0.4, 0.5) is 5.69 Å². The average molecular weight is 263 g/mol. The molecule has 6 heteroatoms. The Morgan fingerprint density at radius 2 is 2.26 bits per heavy atom. The van der Waals surface area contributed by atoms with Crippen molar-refractivity contribution >= 4 is 11.6 Å². The summed E-state index contributed by atoms with van der Waals surface area (Å²) in [6.45, 7) is 3.47. The number of carbonyl (C=O) groups is 1. The topological polar surface area (TPSA) is 84.3 Å². The lowest BCUT2D eigenvalue weighted by Crippen LogP contribution is -2.45. The Hall–Kier alpha value is -1.95. The maximum absolute atomic E-state index is 12.1. The minimum Gasteiger partial charge on any atom is -0.348 e. The van der Waals surface area contributed by atoms with Crippen molar-refractivity contribution in [3.63, 3.8) is 0 Å². The van der Waals surface area contributed by atoms with Crippen LogP contribution < -0.4 is 10.6 Å². The fraction of sp³-hybridized carbons (Fsp3) is 0.462. The Morgan fingerprint density at radius 3 is 2.89 bits per heavy atom. The largest absolute Gasteiger partial charge is 0.348 e. The number of piperidine rings is 1. The fourth-order valence-corrected chi connectivity index (χ4v) is 2.24. The van der Waals surface area contributed by atoms with Crippen molar-refractivity contribution in [1.29, 1.82) is 0 Å². The molecule has 6 nitrogen and oxygen atoms in total. The predicted molar refractivity (Wildman–Crippen MR) is 71.2 cm³/mol. The van der Waals surface area contributed by atoms with E-state index in [4.69, 9.17) is 0 Å². The van der Waals surface area contributed by atoms with Crippen LogP contribution in [0.3, 0.4) is 0 Å². The molecule has 1 atom stereocenters. The summed E-state index contributed by atoms with van der Waals surface area (Å²) in [6.07, 6.45) is 1.96. The highest BCUT2D eigenvalue weighted by Crippen LogP contribution is 2.17. The highest BCUT2D eigenvalue weighted by atomic mass is 16.6. The van der Waals surface area contributed by atoms with Gasteiger partial charge in [0.15, 0.2) is 0 Å². The van der Waals surface area contributed by atoms with E-state index in [0.717, 1.165) is 25.9 Å². The molecule has 1 heterocycles. The number of benzene rings is 1. The van der Waals surface area contributed by atoms with Gasteiger partial charge in [-0.05, 0) is 37.9 Å². The van der Waals surface area contributed by atoms with Crippen molar-refractivity contribution in [3.8, 4) is 0 Å². The van der Waals surface area contributed by atoms with E-state index in [1.165, 1.54) is 12.1 Å². The molecule has 19 heavy (non-hydrogen) atoms. The number of hydrogen-bond donors (Lipinski definition) is 2. The van der Waals surface area contributed by atoms with Crippen LogP contribution in [0.5, 0.6) is 0 Å². The summed E-state index contributed by atoms with van der Waals surface area (Å²) in [4.78, 5) is 22.4. The van der Waals surface area contributed by atoms with E-state index in [1.807, 2.05) is 0 Å². The second kappa shape index (κ2) is 5.79. The smallest absolute Gasteiger partial charge is 0.270 e. The molecule has 1 aromatic carbocycles. The molecule has 0 bridgehead atoms. The van der Waals surface area contributed by atoms with Crippen molar-refractivity contribution in [3.05, 3.63) is 39.4 Å². The molecular formula is C13H17N3O3. The molecule has 0 aliphatic carbocycles. The molecule has 1 aliphatic rings. The number of carbonyl (C=O) groups excluding carboxylic acids is 1. The summed E-state index contributed by atoms with van der Waals surface area (Å²) < 4.78 is 0. The van der Waals surface area contributed by atoms with Crippen molar-refractivity contribution in [1.82, 2.24) is 10.6 Å². The maximum atomic E-state index is 12.1. The standard InChI is InChI=1S/C13H17N3O3/c1-9-5-10(7-12(6-9)16(18)19)13(17)15-11-3-2-4-14-8-11/h5-7,11,14H,2-4,8H2,1H3,(H,15,17)/t11-/m0/s1. The molecule has 0 saturated carbocycles. The van der Waals surface area contributed by atoms with Gasteiger partial charge in [0.05, 0.1) is 4.92 Å². The lowest BCUT2D eigenvalue weighted by molar-refractivity contribution is -0.384. The molecule has 2 N–H and O–H groups in total. The second-order valence-corrected chi connectivity index (χ2v) is 4.83. The van der Waals surface area contributed by atoms with Crippen molar-refractivity contribution in [2.45, 2.75) is 25.8 Å². The minimum atomic E-state index is -0.480. The van der Waals surface area contributed by atoms with Crippen molar-refractivity contribution in [2.75, 3.05) is 13.1 Å². The zero-order valence-corrected chi connectivity index (χ0v) is 10.8. The van der Waals surface area contributed by atoms with E-state index in [1.54, 1.807) is 13.0 Å². The first-order valence-electron chi connectivity index (χ1n) is 6.34. The quantitative estimate of drug-likeness (QED) is 0.637. The third-order valence-corrected chi connectivity index (χ3v) is 3.17. The average Bonchev–Trinajstić information content (AvgIpc) is 2.39. The highest BCUT2D eigenvalue weighted by molar-refractivity contribution is 5.95. The van der Waals surface area contributed by atoms with Crippen molar-refractivity contribution < 1.29 is 9.72 Å². The SMILES string of the molecule is Cc1cc(C(=O)N[C@H]2CCCNC2)cc([N+](=O)[O-])c1. The number of hydrogen-bond acceptors (Lipinski definition) is 4. The number of nitrogens with one attached hydrogen (secondary N) is 2. The summed E-state index contributed by atoms with van der Waals surface area (Å²) in [5, 5.41) is 16.9. The first-order chi connectivity index (χ1) is 9.06. The minimum absolute atomic E-state index is 0.0491. The van der Waals surface area contributed by atoms with E-state index in [9.17, 15) is 14.9 Å². The van der Waals surface area contributed by atoms with E-state index in [2.05, 4.69) is 10.6 Å². The maximum Gasteiger partial charge on any atom is 0.270 e. The molecule has 0 unspecified atom stereocenters. The van der Waals surface area contributed by atoms with E-state index in [0.29, 0.717) is 11.1 Å². The molecule has 1 aromatic rings. The molecule has 0 radical (unpaired) electrons. The Morgan fingerprint density at radius 1 is 1.47 bits per heavy atom. The normalized spacial score (nSPS) is 18.9. The number of rotatable bonds is 3. The summed E-state index contributed by atoms with van der Waals surface area (Å²) in [5.74, 6) is -0.250. The molecule has 1 fully saturated rings. The van der Waals surface area contributed by atoms with Crippen LogP contribution >= 0.6 is 0 Å². The van der Waals surface area contributed by atoms with Crippen LogP contribution in [0.1, 0.15) is 28.8 Å². The Labute approximate surface area is 111 Å². The van der Waals surface area contributed by atoms with E-state index < -0.39 is 4.92 Å². The Bertz CT molecular complexity index is 496. The zero-order chi connectivity index (χ0) is 13.8. The molecule has 2 rings (SSSR count). The van der Waals surface area contributed by atoms with Gasteiger partial charge in [0.2, 0.25) is 0 Å². The van der Waals surface area contributed by atoms with Gasteiger partial charge in [-0.15, -0.1) is 0 Å². The van der Waals surface area contributed by atoms with E-state index in [-0.39, 0.29) is 17.6 Å². The third-order valence-electron chi connectivity index (χ3n) is 3.17. The number of nitro benzene ring substituents is 1. The van der Waals surface area contributed by atoms with E-state index >= 15 is 0 Å². The van der Waals surface area contributed by atoms with Crippen molar-refractivity contribution in [2.24, 2.45) is 0 Å². The number of non-ortho nitro benzene ring substituents is 1. The number of aryl methyl sites for hydroxylation is 1. The highest BCUT2D eigenvalue weighted by Gasteiger charge is 2.18. The van der Waals surface area contributed by atoms with Crippen LogP contribution in [0.15, 0.2) is 18.2 Å². The molecule has 1 aliphatic heterocycles. The molecule has 0 spiro atoms. The monoisotopic (exact) mass is 263 g/mol. The van der Waals surface area contributed by atoms with Gasteiger partial charge in [-0.25, -0.2) is 0 Å². The summed E-state index contributed by atoms with van der Waals surface area (Å²) in [5.41, 5.74) is 1.00. The van der Waals surface area contributed by atoms with Crippen LogP contribution in [-0.4, -0.2) is 30.0 Å². The molecule has 1 amide bonds. The summed E-state index contributed by atoms with van der Waals surface area (Å²) >= 11 is 0. The molecule has 1 saturated heterocycles. The summed E-state index contributed by atoms with van der Waals surface area (Å²) in [7, 11) is 0. The van der Waals surface area contributed by atoms with Gasteiger partial charge in [-0.2, -0.15) is 0 Å². The Balaban J connectivity index is 2.11. The van der Waals surface area contributed by atoms with Gasteiger partial charge >= 0.3 is 0 Å². The predicted octanol–water partition coefficient (Wildman–Crippen LogP) is 1.39. The third kappa shape index (κ3) is 3.51. The Kier molecular flexibility index (Phi) is 4.11. The van der Waals surface area contributed by atoms with Gasteiger partial charge in [0.25, 0.3) is 11.6 Å². The zero-order valence-electron chi connectivity index (χ0n) is 10.8. The van der Waals surface area contributed by atoms with Gasteiger partial charge in [-0.1, -0.05) is 0 Å². The second-order valence-electron chi connectivity index (χ2n) is 4.83. The van der Waals surface area contributed by atoms with Gasteiger partial charge in [0.1, 0.15) is 0 Å².